The van der Waals surface area contributed by atoms with Gasteiger partial charge >= 0.3 is 0 Å². The van der Waals surface area contributed by atoms with Crippen LogP contribution in [0, 0.1) is 5.41 Å². The number of rotatable bonds is 7. The molecule has 0 amide bonds. The van der Waals surface area contributed by atoms with Gasteiger partial charge in [0.1, 0.15) is 0 Å². The van der Waals surface area contributed by atoms with E-state index >= 15 is 0 Å². The Morgan fingerprint density at radius 3 is 2.60 bits per heavy atom. The fourth-order valence-electron chi connectivity index (χ4n) is 1.75. The average Bonchev–Trinajstić information content (AvgIpc) is 2.34. The van der Waals surface area contributed by atoms with Crippen LogP contribution in [0.2, 0.25) is 0 Å². The molecule has 0 heterocycles. The summed E-state index contributed by atoms with van der Waals surface area (Å²) in [7, 11) is -3.58. The van der Waals surface area contributed by atoms with Gasteiger partial charge in [0, 0.05) is 23.3 Å². The predicted molar refractivity (Wildman–Crippen MR) is 83.8 cm³/mol. The fraction of sp³-hybridized carbons (Fsp3) is 0.538. The molecule has 0 aliphatic heterocycles. The fourth-order valence-corrected chi connectivity index (χ4v) is 4.08. The van der Waals surface area contributed by atoms with Gasteiger partial charge in [-0.1, -0.05) is 13.8 Å². The third-order valence-corrected chi connectivity index (χ3v) is 5.38. The SMILES string of the molecule is CC(C)(CCCO)CNS(=O)(=O)c1ccc(N)cc1Br. The Labute approximate surface area is 128 Å². The van der Waals surface area contributed by atoms with Crippen molar-refractivity contribution < 1.29 is 13.5 Å². The van der Waals surface area contributed by atoms with Gasteiger partial charge < -0.3 is 10.8 Å². The quantitative estimate of drug-likeness (QED) is 0.646. The van der Waals surface area contributed by atoms with Crippen LogP contribution in [0.15, 0.2) is 27.6 Å². The molecule has 1 aromatic rings. The number of nitrogen functional groups attached to an aromatic ring is 1. The first-order valence-electron chi connectivity index (χ1n) is 6.33. The van der Waals surface area contributed by atoms with Gasteiger partial charge in [-0.2, -0.15) is 0 Å². The van der Waals surface area contributed by atoms with E-state index in [2.05, 4.69) is 20.7 Å². The number of hydrogen-bond acceptors (Lipinski definition) is 4. The molecular formula is C13H21BrN2O3S. The molecule has 4 N–H and O–H groups in total. The normalized spacial score (nSPS) is 12.6. The lowest BCUT2D eigenvalue weighted by Gasteiger charge is -2.24. The predicted octanol–water partition coefficient (Wildman–Crippen LogP) is 2.11. The minimum Gasteiger partial charge on any atom is -0.399 e. The van der Waals surface area contributed by atoms with Crippen molar-refractivity contribution in [3.63, 3.8) is 0 Å². The summed E-state index contributed by atoms with van der Waals surface area (Å²) < 4.78 is 27.6. The van der Waals surface area contributed by atoms with Gasteiger partial charge in [0.15, 0.2) is 0 Å². The molecule has 0 saturated heterocycles. The van der Waals surface area contributed by atoms with Crippen LogP contribution < -0.4 is 10.5 Å². The van der Waals surface area contributed by atoms with E-state index in [1.807, 2.05) is 13.8 Å². The highest BCUT2D eigenvalue weighted by atomic mass is 79.9. The van der Waals surface area contributed by atoms with E-state index in [-0.39, 0.29) is 16.9 Å². The van der Waals surface area contributed by atoms with Crippen molar-refractivity contribution in [2.75, 3.05) is 18.9 Å². The Morgan fingerprint density at radius 1 is 1.40 bits per heavy atom. The summed E-state index contributed by atoms with van der Waals surface area (Å²) in [6.07, 6.45) is 1.40. The van der Waals surface area contributed by atoms with E-state index in [0.717, 1.165) is 6.42 Å². The van der Waals surface area contributed by atoms with Crippen LogP contribution in [0.1, 0.15) is 26.7 Å². The molecule has 0 aliphatic carbocycles. The number of aliphatic hydroxyl groups excluding tert-OH is 1. The smallest absolute Gasteiger partial charge is 0.241 e. The zero-order valence-electron chi connectivity index (χ0n) is 11.7. The Morgan fingerprint density at radius 2 is 2.05 bits per heavy atom. The number of halogens is 1. The number of aliphatic hydroxyl groups is 1. The average molecular weight is 365 g/mol. The van der Waals surface area contributed by atoms with Crippen molar-refractivity contribution in [3.05, 3.63) is 22.7 Å². The topological polar surface area (TPSA) is 92.4 Å². The van der Waals surface area contributed by atoms with E-state index in [0.29, 0.717) is 23.1 Å². The van der Waals surface area contributed by atoms with Crippen molar-refractivity contribution in [1.82, 2.24) is 4.72 Å². The van der Waals surface area contributed by atoms with Crippen LogP contribution in [0.4, 0.5) is 5.69 Å². The van der Waals surface area contributed by atoms with Crippen LogP contribution in [0.5, 0.6) is 0 Å². The minimum atomic E-state index is -3.58. The zero-order chi connectivity index (χ0) is 15.4. The third-order valence-electron chi connectivity index (χ3n) is 3.00. The number of sulfonamides is 1. The number of benzene rings is 1. The highest BCUT2D eigenvalue weighted by molar-refractivity contribution is 9.10. The standard InChI is InChI=1S/C13H21BrN2O3S/c1-13(2,6-3-7-17)9-16-20(18,19)12-5-4-10(15)8-11(12)14/h4-5,8,16-17H,3,6-7,9,15H2,1-2H3. The maximum atomic E-state index is 12.3. The lowest BCUT2D eigenvalue weighted by Crippen LogP contribution is -2.34. The van der Waals surface area contributed by atoms with Crippen molar-refractivity contribution in [1.29, 1.82) is 0 Å². The van der Waals surface area contributed by atoms with Gasteiger partial charge in [-0.3, -0.25) is 0 Å². The van der Waals surface area contributed by atoms with Gasteiger partial charge in [-0.25, -0.2) is 13.1 Å². The first-order chi connectivity index (χ1) is 9.18. The molecule has 1 rings (SSSR count). The van der Waals surface area contributed by atoms with Crippen molar-refractivity contribution in [3.8, 4) is 0 Å². The Kier molecular flexibility index (Phi) is 6.00. The van der Waals surface area contributed by atoms with Crippen molar-refractivity contribution >= 4 is 31.6 Å². The maximum absolute atomic E-state index is 12.3. The summed E-state index contributed by atoms with van der Waals surface area (Å²) in [4.78, 5) is 0.171. The number of anilines is 1. The molecule has 0 bridgehead atoms. The molecule has 0 fully saturated rings. The van der Waals surface area contributed by atoms with Crippen molar-refractivity contribution in [2.24, 2.45) is 5.41 Å². The Balaban J connectivity index is 2.80. The van der Waals surface area contributed by atoms with E-state index in [1.54, 1.807) is 12.1 Å². The largest absolute Gasteiger partial charge is 0.399 e. The molecular weight excluding hydrogens is 344 g/mol. The van der Waals surface area contributed by atoms with Gasteiger partial charge in [0.25, 0.3) is 0 Å². The molecule has 20 heavy (non-hydrogen) atoms. The zero-order valence-corrected chi connectivity index (χ0v) is 14.1. The van der Waals surface area contributed by atoms with Crippen LogP contribution in [0.25, 0.3) is 0 Å². The summed E-state index contributed by atoms with van der Waals surface area (Å²) in [5.74, 6) is 0. The number of hydrogen-bond donors (Lipinski definition) is 3. The monoisotopic (exact) mass is 364 g/mol. The summed E-state index contributed by atoms with van der Waals surface area (Å²) in [6.45, 7) is 4.35. The molecule has 114 valence electrons. The second-order valence-electron chi connectivity index (χ2n) is 5.51. The van der Waals surface area contributed by atoms with Crippen molar-refractivity contribution in [2.45, 2.75) is 31.6 Å². The molecule has 0 spiro atoms. The lowest BCUT2D eigenvalue weighted by molar-refractivity contribution is 0.242. The highest BCUT2D eigenvalue weighted by Crippen LogP contribution is 2.26. The minimum absolute atomic E-state index is 0.111. The van der Waals surface area contributed by atoms with E-state index in [4.69, 9.17) is 10.8 Å². The lowest BCUT2D eigenvalue weighted by atomic mass is 9.88. The number of nitrogens with two attached hydrogens (primary N) is 1. The number of nitrogens with one attached hydrogen (secondary N) is 1. The van der Waals surface area contributed by atoms with Gasteiger partial charge in [-0.15, -0.1) is 0 Å². The molecule has 0 saturated carbocycles. The molecule has 5 nitrogen and oxygen atoms in total. The molecule has 0 atom stereocenters. The molecule has 1 aromatic carbocycles. The molecule has 0 aliphatic rings. The van der Waals surface area contributed by atoms with Crippen LogP contribution >= 0.6 is 15.9 Å². The maximum Gasteiger partial charge on any atom is 0.241 e. The molecule has 0 radical (unpaired) electrons. The van der Waals surface area contributed by atoms with E-state index in [1.165, 1.54) is 6.07 Å². The van der Waals surface area contributed by atoms with E-state index in [9.17, 15) is 8.42 Å². The molecule has 0 aromatic heterocycles. The second kappa shape index (κ2) is 6.89. The summed E-state index contributed by atoms with van der Waals surface area (Å²) in [5.41, 5.74) is 5.89. The first-order valence-corrected chi connectivity index (χ1v) is 8.61. The summed E-state index contributed by atoms with van der Waals surface area (Å²) >= 11 is 3.21. The van der Waals surface area contributed by atoms with Gasteiger partial charge in [0.05, 0.1) is 4.90 Å². The molecule has 7 heteroatoms. The van der Waals surface area contributed by atoms with Crippen LogP contribution in [-0.2, 0) is 10.0 Å². The third kappa shape index (κ3) is 5.05. The first kappa shape index (κ1) is 17.4. The van der Waals surface area contributed by atoms with Crippen LogP contribution in [-0.4, -0.2) is 26.7 Å². The Bertz CT molecular complexity index is 559. The van der Waals surface area contributed by atoms with E-state index < -0.39 is 10.0 Å². The van der Waals surface area contributed by atoms with Gasteiger partial charge in [0.2, 0.25) is 10.0 Å². The molecule has 0 unspecified atom stereocenters. The second-order valence-corrected chi connectivity index (χ2v) is 8.10. The van der Waals surface area contributed by atoms with Gasteiger partial charge in [-0.05, 0) is 52.4 Å². The Hall–Kier alpha value is -0.630. The summed E-state index contributed by atoms with van der Waals surface area (Å²) in [5, 5.41) is 8.84. The highest BCUT2D eigenvalue weighted by Gasteiger charge is 2.23. The van der Waals surface area contributed by atoms with Crippen LogP contribution in [0.3, 0.4) is 0 Å². The summed E-state index contributed by atoms with van der Waals surface area (Å²) in [6, 6.07) is 4.59.